The Hall–Kier alpha value is -2.81. The Kier molecular flexibility index (Phi) is 4.94. The quantitative estimate of drug-likeness (QED) is 0.827. The molecule has 1 aliphatic rings. The number of nitrogens with one attached hydrogen (secondary N) is 2. The third-order valence-electron chi connectivity index (χ3n) is 3.55. The molecule has 2 N–H and O–H groups in total. The van der Waals surface area contributed by atoms with Crippen molar-refractivity contribution in [1.82, 2.24) is 5.32 Å². The van der Waals surface area contributed by atoms with Crippen molar-refractivity contribution in [2.24, 2.45) is 0 Å². The first-order valence-electron chi connectivity index (χ1n) is 6.80. The van der Waals surface area contributed by atoms with Gasteiger partial charge < -0.3 is 10.6 Å². The van der Waals surface area contributed by atoms with Crippen LogP contribution in [0.25, 0.3) is 0 Å². The van der Waals surface area contributed by atoms with Crippen molar-refractivity contribution < 1.29 is 0 Å². The summed E-state index contributed by atoms with van der Waals surface area (Å²) in [5, 5.41) is 32.9. The molecule has 1 saturated heterocycles. The van der Waals surface area contributed by atoms with E-state index in [1.54, 1.807) is 12.1 Å². The zero-order chi connectivity index (χ0) is 15.1. The van der Waals surface area contributed by atoms with E-state index in [-0.39, 0.29) is 11.3 Å². The molecule has 0 unspecified atom stereocenters. The van der Waals surface area contributed by atoms with Crippen LogP contribution in [0.4, 0.5) is 5.69 Å². The van der Waals surface area contributed by atoms with Crippen LogP contribution in [-0.2, 0) is 0 Å². The Morgan fingerprint density at radius 1 is 1.10 bits per heavy atom. The summed E-state index contributed by atoms with van der Waals surface area (Å²) >= 11 is 0. The van der Waals surface area contributed by atoms with Gasteiger partial charge in [0.15, 0.2) is 5.57 Å². The maximum absolute atomic E-state index is 9.06. The summed E-state index contributed by atoms with van der Waals surface area (Å²) in [6, 6.07) is 13.1. The molecule has 0 spiro atoms. The molecule has 1 fully saturated rings. The molecule has 5 heteroatoms. The minimum Gasteiger partial charge on any atom is -0.345 e. The summed E-state index contributed by atoms with van der Waals surface area (Å²) in [5.74, 6) is 0.508. The number of rotatable bonds is 3. The highest BCUT2D eigenvalue weighted by molar-refractivity contribution is 5.59. The number of allylic oxidation sites excluding steroid dienone is 2. The summed E-state index contributed by atoms with van der Waals surface area (Å²) < 4.78 is 0. The minimum atomic E-state index is -0.204. The monoisotopic (exact) mass is 277 g/mol. The van der Waals surface area contributed by atoms with Gasteiger partial charge in [0.25, 0.3) is 0 Å². The number of piperidine rings is 1. The van der Waals surface area contributed by atoms with Crippen LogP contribution in [0.2, 0.25) is 0 Å². The van der Waals surface area contributed by atoms with Crippen molar-refractivity contribution in [3.05, 3.63) is 41.1 Å². The first-order valence-corrected chi connectivity index (χ1v) is 6.80. The van der Waals surface area contributed by atoms with E-state index in [0.29, 0.717) is 5.92 Å². The van der Waals surface area contributed by atoms with Crippen LogP contribution in [0.5, 0.6) is 0 Å². The first kappa shape index (κ1) is 14.6. The van der Waals surface area contributed by atoms with Crippen molar-refractivity contribution in [1.29, 1.82) is 15.8 Å². The van der Waals surface area contributed by atoms with Gasteiger partial charge in [0.1, 0.15) is 23.9 Å². The molecule has 0 aliphatic carbocycles. The summed E-state index contributed by atoms with van der Waals surface area (Å²) in [6.07, 6.45) is 2.18. The molecule has 1 aromatic rings. The Morgan fingerprint density at radius 2 is 1.81 bits per heavy atom. The standard InChI is InChI=1S/C16H15N5/c17-9-14(10-18)16(11-19)21-15-3-1-2-13(8-15)12-4-6-20-7-5-12/h1-3,8,12,20-21H,4-7H2. The van der Waals surface area contributed by atoms with Gasteiger partial charge in [0.05, 0.1) is 0 Å². The van der Waals surface area contributed by atoms with E-state index >= 15 is 0 Å². The molecular formula is C16H15N5. The summed E-state index contributed by atoms with van der Waals surface area (Å²) in [4.78, 5) is 0. The highest BCUT2D eigenvalue weighted by atomic mass is 14.9. The second kappa shape index (κ2) is 7.10. The van der Waals surface area contributed by atoms with Gasteiger partial charge in [-0.05, 0) is 49.5 Å². The molecule has 0 aromatic heterocycles. The third-order valence-corrected chi connectivity index (χ3v) is 3.55. The van der Waals surface area contributed by atoms with Gasteiger partial charge in [-0.1, -0.05) is 12.1 Å². The fourth-order valence-corrected chi connectivity index (χ4v) is 2.45. The Balaban J connectivity index is 2.22. The van der Waals surface area contributed by atoms with E-state index in [0.717, 1.165) is 31.6 Å². The molecular weight excluding hydrogens is 262 g/mol. The van der Waals surface area contributed by atoms with Gasteiger partial charge in [0.2, 0.25) is 0 Å². The van der Waals surface area contributed by atoms with Crippen LogP contribution >= 0.6 is 0 Å². The van der Waals surface area contributed by atoms with E-state index in [1.807, 2.05) is 24.3 Å². The van der Waals surface area contributed by atoms with Crippen molar-refractivity contribution in [3.63, 3.8) is 0 Å². The van der Waals surface area contributed by atoms with Crippen LogP contribution in [0, 0.1) is 34.0 Å². The van der Waals surface area contributed by atoms with Crippen LogP contribution in [0.3, 0.4) is 0 Å². The third kappa shape index (κ3) is 3.60. The molecule has 0 atom stereocenters. The van der Waals surface area contributed by atoms with Crippen LogP contribution in [0.1, 0.15) is 24.3 Å². The number of hydrogen-bond donors (Lipinski definition) is 2. The number of benzene rings is 1. The van der Waals surface area contributed by atoms with E-state index in [9.17, 15) is 0 Å². The molecule has 0 bridgehead atoms. The fourth-order valence-electron chi connectivity index (χ4n) is 2.45. The highest BCUT2D eigenvalue weighted by Crippen LogP contribution is 2.27. The number of nitrogens with zero attached hydrogens (tertiary/aromatic N) is 3. The van der Waals surface area contributed by atoms with E-state index in [2.05, 4.69) is 16.7 Å². The lowest BCUT2D eigenvalue weighted by molar-refractivity contribution is 0.460. The second-order valence-corrected chi connectivity index (χ2v) is 4.86. The predicted molar refractivity (Wildman–Crippen MR) is 78.8 cm³/mol. The van der Waals surface area contributed by atoms with Crippen LogP contribution in [-0.4, -0.2) is 13.1 Å². The van der Waals surface area contributed by atoms with Gasteiger partial charge >= 0.3 is 0 Å². The van der Waals surface area contributed by atoms with Gasteiger partial charge in [-0.25, -0.2) is 0 Å². The van der Waals surface area contributed by atoms with E-state index in [1.165, 1.54) is 5.56 Å². The van der Waals surface area contributed by atoms with Crippen LogP contribution < -0.4 is 10.6 Å². The lowest BCUT2D eigenvalue weighted by atomic mass is 9.90. The molecule has 0 amide bonds. The van der Waals surface area contributed by atoms with Crippen molar-refractivity contribution in [2.75, 3.05) is 18.4 Å². The minimum absolute atomic E-state index is 0.0116. The zero-order valence-corrected chi connectivity index (χ0v) is 11.6. The molecule has 21 heavy (non-hydrogen) atoms. The van der Waals surface area contributed by atoms with Crippen molar-refractivity contribution in [3.8, 4) is 18.2 Å². The van der Waals surface area contributed by atoms with Gasteiger partial charge in [-0.15, -0.1) is 0 Å². The molecule has 0 saturated carbocycles. The normalized spacial score (nSPS) is 14.3. The second-order valence-electron chi connectivity index (χ2n) is 4.86. The van der Waals surface area contributed by atoms with Gasteiger partial charge in [-0.2, -0.15) is 15.8 Å². The largest absolute Gasteiger partial charge is 0.345 e. The lowest BCUT2D eigenvalue weighted by Crippen LogP contribution is -2.26. The average Bonchev–Trinajstić information content (AvgIpc) is 2.56. The SMILES string of the molecule is N#CC(C#N)=C(C#N)Nc1cccc(C2CCNCC2)c1. The summed E-state index contributed by atoms with van der Waals surface area (Å²) in [7, 11) is 0. The molecule has 1 aliphatic heterocycles. The first-order chi connectivity index (χ1) is 10.3. The van der Waals surface area contributed by atoms with E-state index in [4.69, 9.17) is 15.8 Å². The van der Waals surface area contributed by atoms with Crippen molar-refractivity contribution in [2.45, 2.75) is 18.8 Å². The summed E-state index contributed by atoms with van der Waals surface area (Å²) in [5.41, 5.74) is 1.73. The molecule has 1 heterocycles. The smallest absolute Gasteiger partial charge is 0.163 e. The number of anilines is 1. The van der Waals surface area contributed by atoms with Gasteiger partial charge in [0, 0.05) is 5.69 Å². The van der Waals surface area contributed by atoms with E-state index < -0.39 is 0 Å². The fraction of sp³-hybridized carbons (Fsp3) is 0.312. The summed E-state index contributed by atoms with van der Waals surface area (Å²) in [6.45, 7) is 2.03. The maximum atomic E-state index is 9.06. The molecule has 104 valence electrons. The topological polar surface area (TPSA) is 95.4 Å². The Bertz CT molecular complexity index is 647. The Labute approximate surface area is 124 Å². The predicted octanol–water partition coefficient (Wildman–Crippen LogP) is 2.39. The highest BCUT2D eigenvalue weighted by Gasteiger charge is 2.15. The molecule has 2 rings (SSSR count). The zero-order valence-electron chi connectivity index (χ0n) is 11.6. The number of nitriles is 3. The Morgan fingerprint density at radius 3 is 2.43 bits per heavy atom. The lowest BCUT2D eigenvalue weighted by Gasteiger charge is -2.23. The molecule has 5 nitrogen and oxygen atoms in total. The van der Waals surface area contributed by atoms with Crippen LogP contribution in [0.15, 0.2) is 35.5 Å². The molecule has 1 aromatic carbocycles. The van der Waals surface area contributed by atoms with Gasteiger partial charge in [-0.3, -0.25) is 0 Å². The maximum Gasteiger partial charge on any atom is 0.163 e. The average molecular weight is 277 g/mol. The van der Waals surface area contributed by atoms with Crippen molar-refractivity contribution >= 4 is 5.69 Å². The number of hydrogen-bond acceptors (Lipinski definition) is 5. The molecule has 0 radical (unpaired) electrons.